The van der Waals surface area contributed by atoms with E-state index in [0.717, 1.165) is 41.8 Å². The van der Waals surface area contributed by atoms with Gasteiger partial charge in [-0.3, -0.25) is 0 Å². The number of hydrogen-bond donors (Lipinski definition) is 1. The summed E-state index contributed by atoms with van der Waals surface area (Å²) in [6, 6.07) is 0. The van der Waals surface area contributed by atoms with Crippen LogP contribution in [0.2, 0.25) is 0 Å². The summed E-state index contributed by atoms with van der Waals surface area (Å²) in [7, 11) is 0. The summed E-state index contributed by atoms with van der Waals surface area (Å²) in [5.41, 5.74) is 6.46. The largest absolute Gasteiger partial charge is 0.374 e. The lowest BCUT2D eigenvalue weighted by atomic mass is 10.4. The number of likely N-dealkylation sites (N-methyl/N-ethyl adjacent to an activating group) is 1. The van der Waals surface area contributed by atoms with Gasteiger partial charge in [0.05, 0.1) is 5.01 Å². The summed E-state index contributed by atoms with van der Waals surface area (Å²) in [4.78, 5) is 6.97. The molecule has 2 aromatic rings. The Morgan fingerprint density at radius 3 is 2.67 bits per heavy atom. The van der Waals surface area contributed by atoms with Crippen LogP contribution in [0.4, 0.5) is 5.13 Å². The van der Waals surface area contributed by atoms with E-state index in [4.69, 9.17) is 5.73 Å². The van der Waals surface area contributed by atoms with E-state index < -0.39 is 0 Å². The first-order valence-electron chi connectivity index (χ1n) is 5.99. The smallest absolute Gasteiger partial charge is 0.203 e. The Morgan fingerprint density at radius 2 is 2.06 bits per heavy atom. The van der Waals surface area contributed by atoms with Crippen molar-refractivity contribution < 1.29 is 0 Å². The number of nitrogen functional groups attached to an aromatic ring is 1. The Morgan fingerprint density at radius 1 is 1.28 bits per heavy atom. The number of nitrogens with two attached hydrogens (primary N) is 1. The van der Waals surface area contributed by atoms with Crippen LogP contribution in [-0.2, 0) is 6.42 Å². The van der Waals surface area contributed by atoms with E-state index >= 15 is 0 Å². The molecule has 2 N–H and O–H groups in total. The number of hydrogen-bond acceptors (Lipinski definition) is 7. The zero-order chi connectivity index (χ0) is 13.0. The van der Waals surface area contributed by atoms with E-state index in [0.29, 0.717) is 5.13 Å². The highest BCUT2D eigenvalue weighted by Crippen LogP contribution is 2.26. The highest BCUT2D eigenvalue weighted by atomic mass is 32.1. The van der Waals surface area contributed by atoms with E-state index in [9.17, 15) is 0 Å². The van der Waals surface area contributed by atoms with Crippen molar-refractivity contribution >= 4 is 27.8 Å². The Hall–Kier alpha value is -1.05. The van der Waals surface area contributed by atoms with E-state index in [1.807, 2.05) is 5.38 Å². The summed E-state index contributed by atoms with van der Waals surface area (Å²) in [6.45, 7) is 7.59. The second kappa shape index (κ2) is 6.21. The third-order valence-electron chi connectivity index (χ3n) is 2.75. The second-order valence-electron chi connectivity index (χ2n) is 3.85. The third kappa shape index (κ3) is 3.24. The van der Waals surface area contributed by atoms with Gasteiger partial charge < -0.3 is 10.6 Å². The van der Waals surface area contributed by atoms with Gasteiger partial charge >= 0.3 is 0 Å². The van der Waals surface area contributed by atoms with Gasteiger partial charge in [-0.2, -0.15) is 0 Å². The molecule has 2 heterocycles. The van der Waals surface area contributed by atoms with Gasteiger partial charge in [0.15, 0.2) is 5.01 Å². The van der Waals surface area contributed by atoms with Crippen molar-refractivity contribution in [3.8, 4) is 10.7 Å². The minimum Gasteiger partial charge on any atom is -0.374 e. The molecule has 7 heteroatoms. The molecule has 0 radical (unpaired) electrons. The molecule has 18 heavy (non-hydrogen) atoms. The maximum absolute atomic E-state index is 5.57. The van der Waals surface area contributed by atoms with Crippen molar-refractivity contribution in [2.45, 2.75) is 20.3 Å². The lowest BCUT2D eigenvalue weighted by Gasteiger charge is -2.16. The molecular weight excluding hydrogens is 266 g/mol. The minimum absolute atomic E-state index is 0.489. The molecule has 0 unspecified atom stereocenters. The van der Waals surface area contributed by atoms with Gasteiger partial charge in [-0.05, 0) is 13.1 Å². The highest BCUT2D eigenvalue weighted by molar-refractivity contribution is 7.18. The molecule has 2 rings (SSSR count). The molecule has 0 aliphatic rings. The lowest BCUT2D eigenvalue weighted by Crippen LogP contribution is -2.25. The average molecular weight is 283 g/mol. The van der Waals surface area contributed by atoms with E-state index in [1.165, 1.54) is 11.3 Å². The van der Waals surface area contributed by atoms with Crippen molar-refractivity contribution in [2.75, 3.05) is 25.4 Å². The fourth-order valence-corrected chi connectivity index (χ4v) is 3.07. The normalized spacial score (nSPS) is 11.3. The summed E-state index contributed by atoms with van der Waals surface area (Å²) in [5, 5.41) is 12.3. The maximum Gasteiger partial charge on any atom is 0.203 e. The van der Waals surface area contributed by atoms with Crippen LogP contribution in [0.1, 0.15) is 18.9 Å². The lowest BCUT2D eigenvalue weighted by molar-refractivity contribution is 0.308. The average Bonchev–Trinajstić information content (AvgIpc) is 2.99. The molecule has 0 spiro atoms. The van der Waals surface area contributed by atoms with E-state index in [-0.39, 0.29) is 0 Å². The first-order valence-corrected chi connectivity index (χ1v) is 7.68. The number of aromatic nitrogens is 3. The van der Waals surface area contributed by atoms with Crippen LogP contribution in [0.25, 0.3) is 10.7 Å². The van der Waals surface area contributed by atoms with E-state index in [1.54, 1.807) is 11.3 Å². The van der Waals surface area contributed by atoms with Crippen LogP contribution in [-0.4, -0.2) is 39.7 Å². The van der Waals surface area contributed by atoms with Crippen molar-refractivity contribution in [2.24, 2.45) is 0 Å². The number of anilines is 1. The summed E-state index contributed by atoms with van der Waals surface area (Å²) in [5.74, 6) is 0. The van der Waals surface area contributed by atoms with Gasteiger partial charge in [0.2, 0.25) is 5.13 Å². The van der Waals surface area contributed by atoms with Crippen LogP contribution in [0, 0.1) is 0 Å². The molecule has 98 valence electrons. The summed E-state index contributed by atoms with van der Waals surface area (Å²) < 4.78 is 0. The standard InChI is InChI=1S/C11H17N5S2/c1-3-16(4-2)6-5-9-13-8(7-17-9)10-14-15-11(12)18-10/h7H,3-6H2,1-2H3,(H2,12,15). The molecule has 0 saturated carbocycles. The van der Waals surface area contributed by atoms with Crippen molar-refractivity contribution in [3.05, 3.63) is 10.4 Å². The first kappa shape index (κ1) is 13.4. The fourth-order valence-electron chi connectivity index (χ4n) is 1.66. The SMILES string of the molecule is CCN(CC)CCc1nc(-c2nnc(N)s2)cs1. The molecule has 0 amide bonds. The number of rotatable bonds is 6. The Bertz CT molecular complexity index is 489. The summed E-state index contributed by atoms with van der Waals surface area (Å²) >= 11 is 3.05. The molecular formula is C11H17N5S2. The molecule has 0 aliphatic heterocycles. The van der Waals surface area contributed by atoms with Gasteiger partial charge in [0.1, 0.15) is 5.69 Å². The Labute approximate surface area is 115 Å². The molecule has 0 atom stereocenters. The zero-order valence-corrected chi connectivity index (χ0v) is 12.2. The van der Waals surface area contributed by atoms with Gasteiger partial charge in [0.25, 0.3) is 0 Å². The Balaban J connectivity index is 1.98. The monoisotopic (exact) mass is 283 g/mol. The van der Waals surface area contributed by atoms with Crippen molar-refractivity contribution in [1.29, 1.82) is 0 Å². The summed E-state index contributed by atoms with van der Waals surface area (Å²) in [6.07, 6.45) is 0.987. The molecule has 2 aromatic heterocycles. The number of thiazole rings is 1. The molecule has 0 bridgehead atoms. The molecule has 5 nitrogen and oxygen atoms in total. The first-order chi connectivity index (χ1) is 8.72. The predicted molar refractivity (Wildman–Crippen MR) is 76.9 cm³/mol. The predicted octanol–water partition coefficient (Wildman–Crippen LogP) is 2.13. The molecule has 0 aromatic carbocycles. The van der Waals surface area contributed by atoms with Crippen molar-refractivity contribution in [3.63, 3.8) is 0 Å². The molecule has 0 saturated heterocycles. The van der Waals surface area contributed by atoms with Crippen LogP contribution in [0.3, 0.4) is 0 Å². The van der Waals surface area contributed by atoms with Crippen LogP contribution in [0.5, 0.6) is 0 Å². The Kier molecular flexibility index (Phi) is 4.62. The van der Waals surface area contributed by atoms with Gasteiger partial charge in [-0.25, -0.2) is 4.98 Å². The third-order valence-corrected chi connectivity index (χ3v) is 4.43. The van der Waals surface area contributed by atoms with Crippen molar-refractivity contribution in [1.82, 2.24) is 20.1 Å². The van der Waals surface area contributed by atoms with Gasteiger partial charge in [0, 0.05) is 18.3 Å². The fraction of sp³-hybridized carbons (Fsp3) is 0.545. The van der Waals surface area contributed by atoms with Crippen LogP contribution in [0.15, 0.2) is 5.38 Å². The van der Waals surface area contributed by atoms with E-state index in [2.05, 4.69) is 33.9 Å². The van der Waals surface area contributed by atoms with Gasteiger partial charge in [-0.15, -0.1) is 21.5 Å². The topological polar surface area (TPSA) is 67.9 Å². The molecule has 0 fully saturated rings. The highest BCUT2D eigenvalue weighted by Gasteiger charge is 2.10. The minimum atomic E-state index is 0.489. The second-order valence-corrected chi connectivity index (χ2v) is 5.80. The van der Waals surface area contributed by atoms with Gasteiger partial charge in [-0.1, -0.05) is 25.2 Å². The van der Waals surface area contributed by atoms with Crippen LogP contribution < -0.4 is 5.73 Å². The maximum atomic E-state index is 5.57. The van der Waals surface area contributed by atoms with Crippen LogP contribution >= 0.6 is 22.7 Å². The quantitative estimate of drug-likeness (QED) is 0.879. The molecule has 0 aliphatic carbocycles. The zero-order valence-electron chi connectivity index (χ0n) is 10.6. The number of nitrogens with zero attached hydrogens (tertiary/aromatic N) is 4.